The third-order valence-electron chi connectivity index (χ3n) is 3.73. The highest BCUT2D eigenvalue weighted by Gasteiger charge is 2.29. The fourth-order valence-electron chi connectivity index (χ4n) is 2.20. The number of carbonyl (C=O) groups is 1. The molecule has 1 aromatic rings. The van der Waals surface area contributed by atoms with Crippen molar-refractivity contribution < 1.29 is 14.6 Å². The summed E-state index contributed by atoms with van der Waals surface area (Å²) in [5.74, 6) is 0.281. The Morgan fingerprint density at radius 3 is 2.29 bits per heavy atom. The summed E-state index contributed by atoms with van der Waals surface area (Å²) in [5.41, 5.74) is 0.954. The molecule has 1 unspecified atom stereocenters. The zero-order chi connectivity index (χ0) is 18.7. The maximum Gasteiger partial charge on any atom is 0.407 e. The van der Waals surface area contributed by atoms with Gasteiger partial charge in [-0.2, -0.15) is 5.10 Å². The molecule has 0 fully saturated rings. The van der Waals surface area contributed by atoms with E-state index in [1.807, 2.05) is 26.8 Å². The Kier molecular flexibility index (Phi) is 6.45. The molecule has 0 aliphatic heterocycles. The van der Waals surface area contributed by atoms with Gasteiger partial charge in [-0.25, -0.2) is 4.79 Å². The summed E-state index contributed by atoms with van der Waals surface area (Å²) >= 11 is 0. The highest BCUT2D eigenvalue weighted by Crippen LogP contribution is 2.23. The number of ether oxygens (including phenoxy) is 1. The van der Waals surface area contributed by atoms with Gasteiger partial charge in [0.2, 0.25) is 0 Å². The maximum atomic E-state index is 12.2. The third-order valence-corrected chi connectivity index (χ3v) is 3.73. The number of amides is 1. The lowest BCUT2D eigenvalue weighted by Crippen LogP contribution is -2.48. The predicted octanol–water partition coefficient (Wildman–Crippen LogP) is 3.44. The van der Waals surface area contributed by atoms with Crippen molar-refractivity contribution in [3.8, 4) is 0 Å². The maximum absolute atomic E-state index is 12.2. The third kappa shape index (κ3) is 6.15. The molecule has 0 aromatic carbocycles. The van der Waals surface area contributed by atoms with E-state index >= 15 is 0 Å². The molecule has 0 radical (unpaired) electrons. The first-order valence-corrected chi connectivity index (χ1v) is 8.50. The van der Waals surface area contributed by atoms with Crippen molar-refractivity contribution in [1.29, 1.82) is 0 Å². The molecule has 24 heavy (non-hydrogen) atoms. The van der Waals surface area contributed by atoms with Gasteiger partial charge in [-0.3, -0.25) is 4.68 Å². The Balaban J connectivity index is 2.97. The van der Waals surface area contributed by atoms with E-state index in [-0.39, 0.29) is 24.0 Å². The minimum Gasteiger partial charge on any atom is -0.444 e. The van der Waals surface area contributed by atoms with E-state index in [1.54, 1.807) is 4.68 Å². The fourth-order valence-corrected chi connectivity index (χ4v) is 2.20. The van der Waals surface area contributed by atoms with Crippen molar-refractivity contribution in [2.45, 2.75) is 86.1 Å². The van der Waals surface area contributed by atoms with Crippen LogP contribution in [0.25, 0.3) is 0 Å². The summed E-state index contributed by atoms with van der Waals surface area (Å²) in [7, 11) is 0. The zero-order valence-corrected chi connectivity index (χ0v) is 16.3. The lowest BCUT2D eigenvalue weighted by atomic mass is 9.86. The van der Waals surface area contributed by atoms with Gasteiger partial charge in [0.15, 0.2) is 0 Å². The van der Waals surface area contributed by atoms with Crippen molar-refractivity contribution in [2.75, 3.05) is 0 Å². The molecular formula is C18H33N3O3. The summed E-state index contributed by atoms with van der Waals surface area (Å²) in [6, 6.07) is 1.73. The van der Waals surface area contributed by atoms with Crippen LogP contribution in [-0.2, 0) is 17.9 Å². The molecule has 0 spiro atoms. The van der Waals surface area contributed by atoms with Gasteiger partial charge < -0.3 is 15.2 Å². The van der Waals surface area contributed by atoms with E-state index in [0.29, 0.717) is 6.54 Å². The molecule has 0 saturated heterocycles. The molecule has 2 N–H and O–H groups in total. The van der Waals surface area contributed by atoms with Crippen LogP contribution in [-0.4, -0.2) is 32.6 Å². The summed E-state index contributed by atoms with van der Waals surface area (Å²) in [6.45, 7) is 16.2. The second-order valence-electron chi connectivity index (χ2n) is 8.62. The van der Waals surface area contributed by atoms with Crippen molar-refractivity contribution >= 4 is 6.09 Å². The topological polar surface area (TPSA) is 76.4 Å². The fraction of sp³-hybridized carbons (Fsp3) is 0.778. The summed E-state index contributed by atoms with van der Waals surface area (Å²) in [4.78, 5) is 12.2. The highest BCUT2D eigenvalue weighted by molar-refractivity contribution is 5.68. The molecule has 138 valence electrons. The van der Waals surface area contributed by atoms with Gasteiger partial charge >= 0.3 is 6.09 Å². The van der Waals surface area contributed by atoms with Crippen LogP contribution >= 0.6 is 0 Å². The zero-order valence-electron chi connectivity index (χ0n) is 16.3. The van der Waals surface area contributed by atoms with E-state index in [0.717, 1.165) is 11.4 Å². The Labute approximate surface area is 145 Å². The van der Waals surface area contributed by atoms with E-state index in [4.69, 9.17) is 4.74 Å². The van der Waals surface area contributed by atoms with Gasteiger partial charge in [0.25, 0.3) is 0 Å². The van der Waals surface area contributed by atoms with Gasteiger partial charge in [0.05, 0.1) is 30.6 Å². The van der Waals surface area contributed by atoms with Crippen LogP contribution in [0.5, 0.6) is 0 Å². The van der Waals surface area contributed by atoms with Crippen LogP contribution in [0.3, 0.4) is 0 Å². The highest BCUT2D eigenvalue weighted by atomic mass is 16.6. The van der Waals surface area contributed by atoms with Crippen LogP contribution in [0.15, 0.2) is 6.07 Å². The number of carbonyl (C=O) groups excluding carboxylic acids is 1. The molecule has 0 bridgehead atoms. The standard InChI is InChI=1S/C18H33N3O3/c1-12(2)14-9-13(11-22)21(20-14)10-15(17(3,4)5)19-16(23)24-18(6,7)8/h9,12,15,22H,10-11H2,1-8H3,(H,19,23). The van der Waals surface area contributed by atoms with E-state index in [2.05, 4.69) is 45.0 Å². The van der Waals surface area contributed by atoms with Gasteiger partial charge in [-0.05, 0) is 38.2 Å². The van der Waals surface area contributed by atoms with E-state index in [1.165, 1.54) is 0 Å². The minimum absolute atomic E-state index is 0.0803. The van der Waals surface area contributed by atoms with Crippen LogP contribution in [0.4, 0.5) is 4.79 Å². The molecule has 0 saturated carbocycles. The Morgan fingerprint density at radius 1 is 1.29 bits per heavy atom. The van der Waals surface area contributed by atoms with Crippen LogP contribution in [0, 0.1) is 5.41 Å². The molecule has 1 heterocycles. The van der Waals surface area contributed by atoms with Gasteiger partial charge in [0, 0.05) is 0 Å². The van der Waals surface area contributed by atoms with Crippen molar-refractivity contribution in [3.63, 3.8) is 0 Å². The van der Waals surface area contributed by atoms with Crippen molar-refractivity contribution in [2.24, 2.45) is 5.41 Å². The molecule has 1 atom stereocenters. The summed E-state index contributed by atoms with van der Waals surface area (Å²) in [6.07, 6.45) is -0.441. The first-order valence-electron chi connectivity index (χ1n) is 8.50. The average molecular weight is 339 g/mol. The first-order chi connectivity index (χ1) is 10.8. The number of aliphatic hydroxyl groups excluding tert-OH is 1. The van der Waals surface area contributed by atoms with Gasteiger partial charge in [-0.15, -0.1) is 0 Å². The molecule has 6 heteroatoms. The number of aromatic nitrogens is 2. The van der Waals surface area contributed by atoms with Crippen molar-refractivity contribution in [3.05, 3.63) is 17.5 Å². The van der Waals surface area contributed by atoms with Gasteiger partial charge in [0.1, 0.15) is 5.60 Å². The molecule has 0 aliphatic carbocycles. The number of nitrogens with one attached hydrogen (secondary N) is 1. The second kappa shape index (κ2) is 7.55. The Hall–Kier alpha value is -1.56. The second-order valence-corrected chi connectivity index (χ2v) is 8.62. The van der Waals surface area contributed by atoms with Crippen LogP contribution in [0.2, 0.25) is 0 Å². The SMILES string of the molecule is CC(C)c1cc(CO)n(CC(NC(=O)OC(C)(C)C)C(C)(C)C)n1. The minimum atomic E-state index is -0.542. The lowest BCUT2D eigenvalue weighted by Gasteiger charge is -2.32. The smallest absolute Gasteiger partial charge is 0.407 e. The van der Waals surface area contributed by atoms with Crippen LogP contribution in [0.1, 0.15) is 72.7 Å². The molecule has 6 nitrogen and oxygen atoms in total. The Morgan fingerprint density at radius 2 is 1.88 bits per heavy atom. The largest absolute Gasteiger partial charge is 0.444 e. The van der Waals surface area contributed by atoms with E-state index in [9.17, 15) is 9.90 Å². The predicted molar refractivity (Wildman–Crippen MR) is 94.9 cm³/mol. The van der Waals surface area contributed by atoms with E-state index < -0.39 is 11.7 Å². The Bertz CT molecular complexity index is 551. The number of rotatable bonds is 5. The number of hydrogen-bond acceptors (Lipinski definition) is 4. The molecule has 1 rings (SSSR count). The van der Waals surface area contributed by atoms with Crippen LogP contribution < -0.4 is 5.32 Å². The average Bonchev–Trinajstić information content (AvgIpc) is 2.78. The molecule has 0 aliphatic rings. The molecule has 1 amide bonds. The number of alkyl carbamates (subject to hydrolysis) is 1. The van der Waals surface area contributed by atoms with Crippen molar-refractivity contribution in [1.82, 2.24) is 15.1 Å². The first kappa shape index (κ1) is 20.5. The lowest BCUT2D eigenvalue weighted by molar-refractivity contribution is 0.0451. The quantitative estimate of drug-likeness (QED) is 0.861. The summed E-state index contributed by atoms with van der Waals surface area (Å²) in [5, 5.41) is 17.1. The monoisotopic (exact) mass is 339 g/mol. The summed E-state index contributed by atoms with van der Waals surface area (Å²) < 4.78 is 7.15. The number of hydrogen-bond donors (Lipinski definition) is 2. The number of nitrogens with zero attached hydrogens (tertiary/aromatic N) is 2. The normalized spacial score (nSPS) is 13.9. The van der Waals surface area contributed by atoms with Gasteiger partial charge in [-0.1, -0.05) is 34.6 Å². The molecule has 1 aromatic heterocycles. The molecular weight excluding hydrogens is 306 g/mol. The number of aliphatic hydroxyl groups is 1.